The van der Waals surface area contributed by atoms with Crippen molar-refractivity contribution in [3.63, 3.8) is 0 Å². The molecule has 0 aliphatic heterocycles. The molecule has 0 atom stereocenters. The van der Waals surface area contributed by atoms with Gasteiger partial charge in [-0.05, 0) is 30.0 Å². The van der Waals surface area contributed by atoms with Crippen LogP contribution in [-0.2, 0) is 0 Å². The standard InChI is InChI=1S/C11H14O2S2/c1-2-14-7-8-15-10-5-3-9(4-6-10)11(12)13/h3-6H,2,7-8H2,1H3,(H,12,13). The largest absolute Gasteiger partial charge is 0.478 e. The molecule has 0 amide bonds. The minimum absolute atomic E-state index is 0.349. The SMILES string of the molecule is CCSCCSc1ccc(C(=O)O)cc1. The lowest BCUT2D eigenvalue weighted by atomic mass is 10.2. The molecule has 2 nitrogen and oxygen atoms in total. The second-order valence-electron chi connectivity index (χ2n) is 2.87. The highest BCUT2D eigenvalue weighted by Gasteiger charge is 2.01. The summed E-state index contributed by atoms with van der Waals surface area (Å²) in [6.07, 6.45) is 0. The van der Waals surface area contributed by atoms with Crippen molar-refractivity contribution in [1.29, 1.82) is 0 Å². The smallest absolute Gasteiger partial charge is 0.335 e. The van der Waals surface area contributed by atoms with Crippen LogP contribution in [-0.4, -0.2) is 28.3 Å². The van der Waals surface area contributed by atoms with E-state index in [1.807, 2.05) is 23.9 Å². The molecule has 0 aliphatic rings. The molecule has 0 aromatic heterocycles. The normalized spacial score (nSPS) is 10.2. The van der Waals surface area contributed by atoms with Gasteiger partial charge in [0, 0.05) is 16.4 Å². The van der Waals surface area contributed by atoms with E-state index in [2.05, 4.69) is 6.92 Å². The van der Waals surface area contributed by atoms with Gasteiger partial charge in [0.15, 0.2) is 0 Å². The van der Waals surface area contributed by atoms with Crippen molar-refractivity contribution in [3.05, 3.63) is 29.8 Å². The molecule has 0 aliphatic carbocycles. The van der Waals surface area contributed by atoms with E-state index >= 15 is 0 Å². The quantitative estimate of drug-likeness (QED) is 0.614. The lowest BCUT2D eigenvalue weighted by molar-refractivity contribution is 0.0697. The van der Waals surface area contributed by atoms with Crippen molar-refractivity contribution < 1.29 is 9.90 Å². The van der Waals surface area contributed by atoms with Crippen molar-refractivity contribution in [2.24, 2.45) is 0 Å². The molecule has 0 unspecified atom stereocenters. The Morgan fingerprint density at radius 3 is 2.47 bits per heavy atom. The number of carbonyl (C=O) groups is 1. The maximum Gasteiger partial charge on any atom is 0.335 e. The Balaban J connectivity index is 2.39. The summed E-state index contributed by atoms with van der Waals surface area (Å²) in [7, 11) is 0. The first kappa shape index (κ1) is 12.5. The Hall–Kier alpha value is -0.610. The summed E-state index contributed by atoms with van der Waals surface area (Å²) < 4.78 is 0. The van der Waals surface area contributed by atoms with Gasteiger partial charge in [-0.1, -0.05) is 6.92 Å². The monoisotopic (exact) mass is 242 g/mol. The third kappa shape index (κ3) is 4.62. The molecule has 0 fully saturated rings. The van der Waals surface area contributed by atoms with Gasteiger partial charge in [0.1, 0.15) is 0 Å². The maximum atomic E-state index is 10.6. The number of hydrogen-bond acceptors (Lipinski definition) is 3. The minimum Gasteiger partial charge on any atom is -0.478 e. The van der Waals surface area contributed by atoms with E-state index in [1.54, 1.807) is 23.9 Å². The Morgan fingerprint density at radius 2 is 1.93 bits per heavy atom. The molecule has 0 bridgehead atoms. The maximum absolute atomic E-state index is 10.6. The molecule has 0 saturated carbocycles. The fourth-order valence-corrected chi connectivity index (χ4v) is 2.71. The topological polar surface area (TPSA) is 37.3 Å². The average molecular weight is 242 g/mol. The zero-order chi connectivity index (χ0) is 11.1. The molecule has 82 valence electrons. The van der Waals surface area contributed by atoms with Crippen molar-refractivity contribution in [2.45, 2.75) is 11.8 Å². The van der Waals surface area contributed by atoms with E-state index in [1.165, 1.54) is 0 Å². The lowest BCUT2D eigenvalue weighted by Gasteiger charge is -2.01. The number of hydrogen-bond donors (Lipinski definition) is 1. The summed E-state index contributed by atoms with van der Waals surface area (Å²) in [5.74, 6) is 2.50. The summed E-state index contributed by atoms with van der Waals surface area (Å²) in [5.41, 5.74) is 0.349. The van der Waals surface area contributed by atoms with Gasteiger partial charge < -0.3 is 5.11 Å². The highest BCUT2D eigenvalue weighted by molar-refractivity contribution is 8.02. The molecular formula is C11H14O2S2. The van der Waals surface area contributed by atoms with E-state index < -0.39 is 5.97 Å². The number of carboxylic acids is 1. The van der Waals surface area contributed by atoms with Crippen LogP contribution in [0.25, 0.3) is 0 Å². The van der Waals surface area contributed by atoms with Gasteiger partial charge >= 0.3 is 5.97 Å². The molecule has 0 radical (unpaired) electrons. The fourth-order valence-electron chi connectivity index (χ4n) is 1.06. The molecule has 1 aromatic rings. The summed E-state index contributed by atoms with van der Waals surface area (Å²) in [6, 6.07) is 7.03. The zero-order valence-corrected chi connectivity index (χ0v) is 10.2. The van der Waals surface area contributed by atoms with Crippen LogP contribution >= 0.6 is 23.5 Å². The molecule has 15 heavy (non-hydrogen) atoms. The van der Waals surface area contributed by atoms with Crippen LogP contribution < -0.4 is 0 Å². The third-order valence-electron chi connectivity index (χ3n) is 1.80. The van der Waals surface area contributed by atoms with Crippen LogP contribution in [0.2, 0.25) is 0 Å². The molecule has 1 rings (SSSR count). The Labute approximate surface area is 98.5 Å². The predicted octanol–water partition coefficient (Wildman–Crippen LogP) is 3.23. The number of benzene rings is 1. The van der Waals surface area contributed by atoms with Gasteiger partial charge in [-0.15, -0.1) is 11.8 Å². The molecule has 1 N–H and O–H groups in total. The number of carboxylic acid groups (broad SMARTS) is 1. The minimum atomic E-state index is -0.868. The highest BCUT2D eigenvalue weighted by Crippen LogP contribution is 2.19. The van der Waals surface area contributed by atoms with Crippen molar-refractivity contribution in [2.75, 3.05) is 17.3 Å². The first-order chi connectivity index (χ1) is 7.24. The van der Waals surface area contributed by atoms with Crippen LogP contribution in [0.5, 0.6) is 0 Å². The summed E-state index contributed by atoms with van der Waals surface area (Å²) >= 11 is 3.69. The highest BCUT2D eigenvalue weighted by atomic mass is 32.2. The van der Waals surface area contributed by atoms with E-state index in [9.17, 15) is 4.79 Å². The Bertz CT molecular complexity index is 309. The number of rotatable bonds is 6. The van der Waals surface area contributed by atoms with Gasteiger partial charge in [0.05, 0.1) is 5.56 Å². The van der Waals surface area contributed by atoms with Crippen LogP contribution in [0.15, 0.2) is 29.2 Å². The Kier molecular flexibility index (Phi) is 5.65. The third-order valence-corrected chi connectivity index (χ3v) is 3.98. The van der Waals surface area contributed by atoms with Crippen molar-refractivity contribution in [3.8, 4) is 0 Å². The lowest BCUT2D eigenvalue weighted by Crippen LogP contribution is -1.94. The van der Waals surface area contributed by atoms with Gasteiger partial charge in [0.25, 0.3) is 0 Å². The van der Waals surface area contributed by atoms with Gasteiger partial charge in [-0.3, -0.25) is 0 Å². The molecular weight excluding hydrogens is 228 g/mol. The van der Waals surface area contributed by atoms with Crippen molar-refractivity contribution >= 4 is 29.5 Å². The van der Waals surface area contributed by atoms with Crippen LogP contribution in [0.4, 0.5) is 0 Å². The Morgan fingerprint density at radius 1 is 1.27 bits per heavy atom. The van der Waals surface area contributed by atoms with E-state index in [4.69, 9.17) is 5.11 Å². The molecule has 0 saturated heterocycles. The molecule has 1 aromatic carbocycles. The first-order valence-electron chi connectivity index (χ1n) is 4.78. The molecule has 4 heteroatoms. The molecule has 0 heterocycles. The van der Waals surface area contributed by atoms with E-state index in [0.717, 1.165) is 22.2 Å². The van der Waals surface area contributed by atoms with Crippen LogP contribution in [0.3, 0.4) is 0 Å². The average Bonchev–Trinajstić information content (AvgIpc) is 2.25. The number of thioether (sulfide) groups is 2. The second-order valence-corrected chi connectivity index (χ2v) is 5.44. The van der Waals surface area contributed by atoms with Crippen LogP contribution in [0.1, 0.15) is 17.3 Å². The molecule has 0 spiro atoms. The second kappa shape index (κ2) is 6.80. The van der Waals surface area contributed by atoms with Gasteiger partial charge in [-0.25, -0.2) is 4.79 Å². The van der Waals surface area contributed by atoms with E-state index in [0.29, 0.717) is 5.56 Å². The fraction of sp³-hybridized carbons (Fsp3) is 0.364. The summed E-state index contributed by atoms with van der Waals surface area (Å²) in [4.78, 5) is 11.7. The number of aromatic carboxylic acids is 1. The van der Waals surface area contributed by atoms with Crippen LogP contribution in [0, 0.1) is 0 Å². The van der Waals surface area contributed by atoms with E-state index in [-0.39, 0.29) is 0 Å². The van der Waals surface area contributed by atoms with Gasteiger partial charge in [0.2, 0.25) is 0 Å². The summed E-state index contributed by atoms with van der Waals surface area (Å²) in [5, 5.41) is 8.71. The van der Waals surface area contributed by atoms with Gasteiger partial charge in [-0.2, -0.15) is 11.8 Å². The zero-order valence-electron chi connectivity index (χ0n) is 8.60. The first-order valence-corrected chi connectivity index (χ1v) is 6.92. The predicted molar refractivity (Wildman–Crippen MR) is 67.1 cm³/mol. The summed E-state index contributed by atoms with van der Waals surface area (Å²) in [6.45, 7) is 2.15. The van der Waals surface area contributed by atoms with Crippen molar-refractivity contribution in [1.82, 2.24) is 0 Å².